The molecule has 4 rings (SSSR count). The first kappa shape index (κ1) is 24.8. The molecule has 0 atom stereocenters. The Morgan fingerprint density at radius 2 is 1.80 bits per heavy atom. The third-order valence-electron chi connectivity index (χ3n) is 6.45. The highest BCUT2D eigenvalue weighted by Gasteiger charge is 2.24. The maximum atomic E-state index is 13.2. The normalized spacial score (nSPS) is 13.3. The molecule has 3 aromatic rings. The molecule has 0 bridgehead atoms. The smallest absolute Gasteiger partial charge is 0.270 e. The number of hydrogen-bond donors (Lipinski definition) is 2. The Hall–Kier alpha value is -3.30. The summed E-state index contributed by atoms with van der Waals surface area (Å²) in [4.78, 5) is 26.3. The van der Waals surface area contributed by atoms with E-state index in [0.29, 0.717) is 40.9 Å². The first-order chi connectivity index (χ1) is 16.7. The van der Waals surface area contributed by atoms with Gasteiger partial charge in [-0.05, 0) is 74.9 Å². The number of amides is 1. The van der Waals surface area contributed by atoms with E-state index in [1.807, 2.05) is 37.3 Å². The molecule has 1 heterocycles. The van der Waals surface area contributed by atoms with E-state index in [1.165, 1.54) is 11.7 Å². The molecule has 2 aromatic carbocycles. The van der Waals surface area contributed by atoms with Gasteiger partial charge in [0.25, 0.3) is 5.56 Å². The minimum Gasteiger partial charge on any atom is -0.324 e. The van der Waals surface area contributed by atoms with Crippen LogP contribution in [0.25, 0.3) is 11.3 Å². The zero-order chi connectivity index (χ0) is 25.2. The van der Waals surface area contributed by atoms with E-state index in [0.717, 1.165) is 30.4 Å². The van der Waals surface area contributed by atoms with Gasteiger partial charge >= 0.3 is 0 Å². The topological polar surface area (TPSA) is 110 Å². The number of hydrogen-bond acceptors (Lipinski definition) is 5. The van der Waals surface area contributed by atoms with Gasteiger partial charge in [0.05, 0.1) is 10.6 Å². The first-order valence-corrected chi connectivity index (χ1v) is 13.3. The van der Waals surface area contributed by atoms with Gasteiger partial charge in [-0.15, -0.1) is 0 Å². The Bertz CT molecular complexity index is 1440. The molecule has 8 nitrogen and oxygen atoms in total. The Morgan fingerprint density at radius 1 is 1.09 bits per heavy atom. The van der Waals surface area contributed by atoms with E-state index in [9.17, 15) is 18.0 Å². The number of aromatic nitrogens is 2. The fourth-order valence-electron chi connectivity index (χ4n) is 4.55. The molecule has 0 fully saturated rings. The van der Waals surface area contributed by atoms with Crippen molar-refractivity contribution in [2.24, 2.45) is 0 Å². The summed E-state index contributed by atoms with van der Waals surface area (Å²) in [6, 6.07) is 12.7. The lowest BCUT2D eigenvalue weighted by atomic mass is 9.89. The molecule has 0 radical (unpaired) electrons. The molecule has 1 aliphatic rings. The summed E-state index contributed by atoms with van der Waals surface area (Å²) in [7, 11) is -2.30. The SMILES string of the molecule is CCc1ccccc1NC(=O)Cn1nc(-c2ccc(C)c(S(=O)(=O)NC)c2)c2c(c1=O)CCCC2. The summed E-state index contributed by atoms with van der Waals surface area (Å²) < 4.78 is 28.7. The van der Waals surface area contributed by atoms with Crippen LogP contribution in [-0.4, -0.2) is 31.2 Å². The Labute approximate surface area is 205 Å². The number of nitrogens with one attached hydrogen (secondary N) is 2. The van der Waals surface area contributed by atoms with Crippen LogP contribution in [0.5, 0.6) is 0 Å². The molecule has 0 unspecified atom stereocenters. The zero-order valence-electron chi connectivity index (χ0n) is 20.2. The standard InChI is InChI=1S/C26H30N4O4S/c1-4-18-9-5-8-12-22(18)28-24(31)16-30-26(32)21-11-7-6-10-20(21)25(29-30)19-14-13-17(2)23(15-19)35(33,34)27-3/h5,8-9,12-15,27H,4,6-7,10-11,16H2,1-3H3,(H,28,31). The molecule has 9 heteroatoms. The number of aryl methyl sites for hydroxylation is 2. The monoisotopic (exact) mass is 494 g/mol. The number of benzene rings is 2. The summed E-state index contributed by atoms with van der Waals surface area (Å²) in [5.41, 5.74) is 4.71. The van der Waals surface area contributed by atoms with Gasteiger partial charge in [0.2, 0.25) is 15.9 Å². The van der Waals surface area contributed by atoms with Gasteiger partial charge in [-0.3, -0.25) is 9.59 Å². The third-order valence-corrected chi connectivity index (χ3v) is 8.01. The maximum absolute atomic E-state index is 13.2. The molecular formula is C26H30N4O4S. The summed E-state index contributed by atoms with van der Waals surface area (Å²) in [5.74, 6) is -0.343. The van der Waals surface area contributed by atoms with Crippen LogP contribution < -0.4 is 15.6 Å². The number of carbonyl (C=O) groups is 1. The highest BCUT2D eigenvalue weighted by atomic mass is 32.2. The number of anilines is 1. The Morgan fingerprint density at radius 3 is 2.51 bits per heavy atom. The van der Waals surface area contributed by atoms with Crippen LogP contribution >= 0.6 is 0 Å². The fraction of sp³-hybridized carbons (Fsp3) is 0.346. The minimum absolute atomic E-state index is 0.163. The van der Waals surface area contributed by atoms with E-state index < -0.39 is 10.0 Å². The number of fused-ring (bicyclic) bond motifs is 1. The van der Waals surface area contributed by atoms with Crippen molar-refractivity contribution in [3.63, 3.8) is 0 Å². The van der Waals surface area contributed by atoms with Crippen LogP contribution in [0.3, 0.4) is 0 Å². The lowest BCUT2D eigenvalue weighted by molar-refractivity contribution is -0.117. The van der Waals surface area contributed by atoms with E-state index in [-0.39, 0.29) is 22.9 Å². The lowest BCUT2D eigenvalue weighted by Crippen LogP contribution is -2.34. The van der Waals surface area contributed by atoms with Crippen molar-refractivity contribution in [2.45, 2.75) is 57.4 Å². The van der Waals surface area contributed by atoms with Crippen molar-refractivity contribution >= 4 is 21.6 Å². The minimum atomic E-state index is -3.67. The molecule has 0 aliphatic heterocycles. The predicted molar refractivity (Wildman–Crippen MR) is 136 cm³/mol. The average Bonchev–Trinajstić information content (AvgIpc) is 2.86. The number of sulfonamides is 1. The van der Waals surface area contributed by atoms with E-state index in [2.05, 4.69) is 15.1 Å². The summed E-state index contributed by atoms with van der Waals surface area (Å²) in [5, 5.41) is 7.48. The maximum Gasteiger partial charge on any atom is 0.270 e. The quantitative estimate of drug-likeness (QED) is 0.524. The largest absolute Gasteiger partial charge is 0.324 e. The van der Waals surface area contributed by atoms with Crippen molar-refractivity contribution in [3.05, 3.63) is 75.1 Å². The molecule has 2 N–H and O–H groups in total. The van der Waals surface area contributed by atoms with Gasteiger partial charge in [0.1, 0.15) is 6.54 Å². The van der Waals surface area contributed by atoms with Crippen LogP contribution in [0.1, 0.15) is 42.0 Å². The third kappa shape index (κ3) is 5.06. The molecule has 1 aromatic heterocycles. The van der Waals surface area contributed by atoms with E-state index in [1.54, 1.807) is 19.1 Å². The lowest BCUT2D eigenvalue weighted by Gasteiger charge is -2.21. The first-order valence-electron chi connectivity index (χ1n) is 11.8. The number of para-hydroxylation sites is 1. The van der Waals surface area contributed by atoms with E-state index in [4.69, 9.17) is 0 Å². The van der Waals surface area contributed by atoms with Gasteiger partial charge < -0.3 is 5.32 Å². The molecular weight excluding hydrogens is 464 g/mol. The molecule has 0 saturated carbocycles. The van der Waals surface area contributed by atoms with Crippen molar-refractivity contribution < 1.29 is 13.2 Å². The van der Waals surface area contributed by atoms with Gasteiger partial charge in [-0.2, -0.15) is 5.10 Å². The molecule has 1 amide bonds. The summed E-state index contributed by atoms with van der Waals surface area (Å²) in [6.45, 7) is 3.51. The highest BCUT2D eigenvalue weighted by Crippen LogP contribution is 2.30. The van der Waals surface area contributed by atoms with Gasteiger partial charge in [-0.1, -0.05) is 37.3 Å². The summed E-state index contributed by atoms with van der Waals surface area (Å²) >= 11 is 0. The Balaban J connectivity index is 1.77. The van der Waals surface area contributed by atoms with Crippen LogP contribution in [0.15, 0.2) is 52.2 Å². The second-order valence-electron chi connectivity index (χ2n) is 8.72. The van der Waals surface area contributed by atoms with Crippen molar-refractivity contribution in [2.75, 3.05) is 12.4 Å². The molecule has 0 saturated heterocycles. The Kier molecular flexibility index (Phi) is 7.18. The van der Waals surface area contributed by atoms with E-state index >= 15 is 0 Å². The number of carbonyl (C=O) groups excluding carboxylic acids is 1. The van der Waals surface area contributed by atoms with Gasteiger partial charge in [0.15, 0.2) is 0 Å². The molecule has 35 heavy (non-hydrogen) atoms. The van der Waals surface area contributed by atoms with Crippen LogP contribution in [0, 0.1) is 6.92 Å². The number of rotatable bonds is 7. The van der Waals surface area contributed by atoms with Crippen molar-refractivity contribution in [3.8, 4) is 11.3 Å². The van der Waals surface area contributed by atoms with Gasteiger partial charge in [-0.25, -0.2) is 17.8 Å². The van der Waals surface area contributed by atoms with Crippen molar-refractivity contribution in [1.29, 1.82) is 0 Å². The molecule has 184 valence electrons. The second kappa shape index (κ2) is 10.1. The summed E-state index contributed by atoms with van der Waals surface area (Å²) in [6.07, 6.45) is 3.87. The average molecular weight is 495 g/mol. The number of nitrogens with zero attached hydrogens (tertiary/aromatic N) is 2. The van der Waals surface area contributed by atoms with Crippen LogP contribution in [0.4, 0.5) is 5.69 Å². The molecule has 0 spiro atoms. The fourth-order valence-corrected chi connectivity index (χ4v) is 5.54. The van der Waals surface area contributed by atoms with Gasteiger partial charge in [0, 0.05) is 16.8 Å². The van der Waals surface area contributed by atoms with Crippen LogP contribution in [0.2, 0.25) is 0 Å². The second-order valence-corrected chi connectivity index (χ2v) is 10.6. The zero-order valence-corrected chi connectivity index (χ0v) is 21.0. The highest BCUT2D eigenvalue weighted by molar-refractivity contribution is 7.89. The van der Waals surface area contributed by atoms with Crippen LogP contribution in [-0.2, 0) is 40.6 Å². The molecule has 1 aliphatic carbocycles. The predicted octanol–water partition coefficient (Wildman–Crippen LogP) is 3.21. The van der Waals surface area contributed by atoms with Crippen molar-refractivity contribution in [1.82, 2.24) is 14.5 Å².